The SMILES string of the molecule is CO[C@H]1CN(C(=O)C2(NC(=O)c3ccc(C4CCN(C5CC5)CC4)cc3)CCCC2)[C@@H]2C(=O)CO[C@H]12. The number of carbonyl (C=O) groups is 3. The fourth-order valence-electron chi connectivity index (χ4n) is 6.91. The van der Waals surface area contributed by atoms with E-state index in [1.807, 2.05) is 12.1 Å². The van der Waals surface area contributed by atoms with E-state index in [0.717, 1.165) is 32.0 Å². The molecule has 0 aromatic heterocycles. The Morgan fingerprint density at radius 2 is 1.75 bits per heavy atom. The molecule has 0 bridgehead atoms. The van der Waals surface area contributed by atoms with Gasteiger partial charge in [-0.1, -0.05) is 25.0 Å². The summed E-state index contributed by atoms with van der Waals surface area (Å²) in [6.45, 7) is 2.64. The number of hydrogen-bond acceptors (Lipinski definition) is 6. The quantitative estimate of drug-likeness (QED) is 0.652. The highest BCUT2D eigenvalue weighted by Crippen LogP contribution is 2.38. The minimum absolute atomic E-state index is 0.00425. The van der Waals surface area contributed by atoms with Gasteiger partial charge in [-0.15, -0.1) is 0 Å². The van der Waals surface area contributed by atoms with Crippen LogP contribution >= 0.6 is 0 Å². The second-order valence-electron chi connectivity index (χ2n) is 11.3. The molecule has 0 radical (unpaired) electrons. The molecule has 3 aliphatic heterocycles. The van der Waals surface area contributed by atoms with Crippen molar-refractivity contribution in [2.24, 2.45) is 0 Å². The van der Waals surface area contributed by atoms with Gasteiger partial charge in [0.2, 0.25) is 5.91 Å². The number of Topliss-reactive ketones (excluding diaryl/α,β-unsaturated/α-hetero) is 1. The molecule has 1 aromatic rings. The molecule has 1 aromatic carbocycles. The zero-order chi connectivity index (χ0) is 24.9. The van der Waals surface area contributed by atoms with Crippen LogP contribution in [0.2, 0.25) is 0 Å². The lowest BCUT2D eigenvalue weighted by Crippen LogP contribution is -2.60. The van der Waals surface area contributed by atoms with Gasteiger partial charge in [0.25, 0.3) is 5.91 Å². The van der Waals surface area contributed by atoms with Gasteiger partial charge in [0, 0.05) is 18.7 Å². The minimum Gasteiger partial charge on any atom is -0.377 e. The van der Waals surface area contributed by atoms with Gasteiger partial charge in [-0.25, -0.2) is 0 Å². The first-order valence-corrected chi connectivity index (χ1v) is 13.6. The summed E-state index contributed by atoms with van der Waals surface area (Å²) in [4.78, 5) is 44.0. The number of nitrogens with one attached hydrogen (secondary N) is 1. The van der Waals surface area contributed by atoms with Crippen molar-refractivity contribution in [1.29, 1.82) is 0 Å². The van der Waals surface area contributed by atoms with Crippen molar-refractivity contribution in [3.63, 3.8) is 0 Å². The highest BCUT2D eigenvalue weighted by atomic mass is 16.5. The third-order valence-corrected chi connectivity index (χ3v) is 9.16. The van der Waals surface area contributed by atoms with Gasteiger partial charge < -0.3 is 24.6 Å². The van der Waals surface area contributed by atoms with Gasteiger partial charge in [0.1, 0.15) is 30.4 Å². The normalized spacial score (nSPS) is 30.5. The summed E-state index contributed by atoms with van der Waals surface area (Å²) in [5.41, 5.74) is 0.881. The van der Waals surface area contributed by atoms with Gasteiger partial charge in [0.05, 0.1) is 6.54 Å². The van der Waals surface area contributed by atoms with Crippen LogP contribution in [0.1, 0.15) is 73.2 Å². The Balaban J connectivity index is 1.14. The molecule has 6 rings (SSSR count). The van der Waals surface area contributed by atoms with Gasteiger partial charge in [-0.05, 0) is 75.2 Å². The molecule has 1 N–H and O–H groups in total. The predicted octanol–water partition coefficient (Wildman–Crippen LogP) is 2.26. The number of rotatable bonds is 6. The van der Waals surface area contributed by atoms with Crippen molar-refractivity contribution in [3.05, 3.63) is 35.4 Å². The Labute approximate surface area is 212 Å². The summed E-state index contributed by atoms with van der Waals surface area (Å²) in [5, 5.41) is 3.11. The average molecular weight is 496 g/mol. The number of nitrogens with zero attached hydrogens (tertiary/aromatic N) is 2. The Morgan fingerprint density at radius 3 is 2.39 bits per heavy atom. The summed E-state index contributed by atoms with van der Waals surface area (Å²) < 4.78 is 11.2. The zero-order valence-electron chi connectivity index (χ0n) is 21.1. The lowest BCUT2D eigenvalue weighted by atomic mass is 9.88. The predicted molar refractivity (Wildman–Crippen MR) is 133 cm³/mol. The van der Waals surface area contributed by atoms with Crippen LogP contribution in [0, 0.1) is 0 Å². The highest BCUT2D eigenvalue weighted by molar-refractivity contribution is 6.01. The zero-order valence-corrected chi connectivity index (χ0v) is 21.1. The average Bonchev–Trinajstić information content (AvgIpc) is 3.35. The van der Waals surface area contributed by atoms with E-state index in [9.17, 15) is 14.4 Å². The molecule has 0 unspecified atom stereocenters. The van der Waals surface area contributed by atoms with Crippen LogP contribution in [0.25, 0.3) is 0 Å². The summed E-state index contributed by atoms with van der Waals surface area (Å²) in [7, 11) is 1.58. The van der Waals surface area contributed by atoms with E-state index < -0.39 is 17.7 Å². The van der Waals surface area contributed by atoms with Gasteiger partial charge in [-0.2, -0.15) is 0 Å². The summed E-state index contributed by atoms with van der Waals surface area (Å²) in [5.74, 6) is 0.0444. The van der Waals surface area contributed by atoms with Crippen LogP contribution in [0.4, 0.5) is 0 Å². The summed E-state index contributed by atoms with van der Waals surface area (Å²) >= 11 is 0. The maximum absolute atomic E-state index is 13.9. The number of ketones is 1. The minimum atomic E-state index is -0.985. The fourth-order valence-corrected chi connectivity index (χ4v) is 6.91. The monoisotopic (exact) mass is 495 g/mol. The number of ether oxygens (including phenoxy) is 2. The maximum atomic E-state index is 13.9. The van der Waals surface area contributed by atoms with E-state index in [0.29, 0.717) is 30.9 Å². The molecule has 3 atom stereocenters. The lowest BCUT2D eigenvalue weighted by molar-refractivity contribution is -0.142. The smallest absolute Gasteiger partial charge is 0.252 e. The standard InChI is InChI=1S/C28H37N3O5/c1-35-23-16-31(24-22(32)17-36-25(23)24)27(34)28(12-2-3-13-28)29-26(33)20-6-4-18(5-7-20)19-10-14-30(15-11-19)21-8-9-21/h4-7,19,21,23-25H,2-3,8-17H2,1H3,(H,29,33)/t23-,24+,25+/m0/s1. The van der Waals surface area contributed by atoms with Crippen LogP contribution in [-0.2, 0) is 19.1 Å². The van der Waals surface area contributed by atoms with Crippen LogP contribution in [0.3, 0.4) is 0 Å². The van der Waals surface area contributed by atoms with E-state index in [1.165, 1.54) is 31.2 Å². The van der Waals surface area contributed by atoms with Crippen LogP contribution in [-0.4, -0.2) is 90.6 Å². The van der Waals surface area contributed by atoms with Crippen molar-refractivity contribution < 1.29 is 23.9 Å². The number of carbonyl (C=O) groups excluding carboxylic acids is 3. The molecule has 8 heteroatoms. The van der Waals surface area contributed by atoms with Crippen molar-refractivity contribution in [1.82, 2.24) is 15.1 Å². The number of amides is 2. The van der Waals surface area contributed by atoms with E-state index in [2.05, 4.69) is 22.3 Å². The molecule has 3 heterocycles. The first kappa shape index (κ1) is 24.1. The second kappa shape index (κ2) is 9.54. The van der Waals surface area contributed by atoms with Crippen LogP contribution < -0.4 is 5.32 Å². The third-order valence-electron chi connectivity index (χ3n) is 9.16. The molecule has 0 spiro atoms. The topological polar surface area (TPSA) is 88.2 Å². The number of benzene rings is 1. The maximum Gasteiger partial charge on any atom is 0.252 e. The molecular weight excluding hydrogens is 458 g/mol. The molecule has 2 saturated carbocycles. The Kier molecular flexibility index (Phi) is 6.38. The van der Waals surface area contributed by atoms with Gasteiger partial charge in [0.15, 0.2) is 5.78 Å². The Bertz CT molecular complexity index is 1010. The molecular formula is C28H37N3O5. The summed E-state index contributed by atoms with van der Waals surface area (Å²) in [6.07, 6.45) is 7.18. The first-order valence-electron chi connectivity index (χ1n) is 13.6. The molecule has 5 fully saturated rings. The van der Waals surface area contributed by atoms with Crippen molar-refractivity contribution in [2.75, 3.05) is 33.4 Å². The molecule has 8 nitrogen and oxygen atoms in total. The number of methoxy groups -OCH3 is 1. The van der Waals surface area contributed by atoms with Crippen LogP contribution in [0.5, 0.6) is 0 Å². The Morgan fingerprint density at radius 1 is 1.06 bits per heavy atom. The third kappa shape index (κ3) is 4.27. The fraction of sp³-hybridized carbons (Fsp3) is 0.679. The van der Waals surface area contributed by atoms with E-state index in [4.69, 9.17) is 9.47 Å². The number of likely N-dealkylation sites (tertiary alicyclic amines) is 2. The highest BCUT2D eigenvalue weighted by Gasteiger charge is 2.56. The van der Waals surface area contributed by atoms with E-state index >= 15 is 0 Å². The van der Waals surface area contributed by atoms with Crippen molar-refractivity contribution >= 4 is 17.6 Å². The van der Waals surface area contributed by atoms with Crippen LogP contribution in [0.15, 0.2) is 24.3 Å². The van der Waals surface area contributed by atoms with E-state index in [-0.39, 0.29) is 30.3 Å². The van der Waals surface area contributed by atoms with Gasteiger partial charge >= 0.3 is 0 Å². The molecule has 36 heavy (non-hydrogen) atoms. The van der Waals surface area contributed by atoms with Crippen molar-refractivity contribution in [2.45, 2.75) is 87.1 Å². The van der Waals surface area contributed by atoms with Crippen molar-refractivity contribution in [3.8, 4) is 0 Å². The largest absolute Gasteiger partial charge is 0.377 e. The molecule has 3 saturated heterocycles. The Hall–Kier alpha value is -2.29. The molecule has 2 aliphatic carbocycles. The number of hydrogen-bond donors (Lipinski definition) is 1. The molecule has 2 amide bonds. The summed E-state index contributed by atoms with van der Waals surface area (Å²) in [6, 6.07) is 8.16. The number of piperidine rings is 1. The van der Waals surface area contributed by atoms with Gasteiger partial charge in [-0.3, -0.25) is 14.4 Å². The second-order valence-corrected chi connectivity index (χ2v) is 11.3. The lowest BCUT2D eigenvalue weighted by Gasteiger charge is -2.35. The first-order chi connectivity index (χ1) is 17.5. The number of fused-ring (bicyclic) bond motifs is 1. The van der Waals surface area contributed by atoms with E-state index in [1.54, 1.807) is 12.0 Å². The molecule has 5 aliphatic rings. The molecule has 194 valence electrons.